The van der Waals surface area contributed by atoms with E-state index >= 15 is 0 Å². The normalized spacial score (nSPS) is 21.4. The Bertz CT molecular complexity index is 779. The second-order valence-electron chi connectivity index (χ2n) is 6.73. The number of nitrogens with one attached hydrogen (secondary N) is 1. The van der Waals surface area contributed by atoms with Crippen LogP contribution in [0.1, 0.15) is 44.0 Å². The van der Waals surface area contributed by atoms with Crippen LogP contribution in [-0.2, 0) is 9.59 Å². The minimum Gasteiger partial charge on any atom is -0.481 e. The number of rotatable bonds is 7. The molecule has 3 rings (SSSR count). The molecule has 2 aromatic rings. The molecule has 26 heavy (non-hydrogen) atoms. The van der Waals surface area contributed by atoms with E-state index in [4.69, 9.17) is 0 Å². The highest BCUT2D eigenvalue weighted by Crippen LogP contribution is 2.30. The average Bonchev–Trinajstić information content (AvgIpc) is 3.09. The number of amides is 1. The lowest BCUT2D eigenvalue weighted by molar-refractivity contribution is -0.144. The second kappa shape index (κ2) is 8.53. The van der Waals surface area contributed by atoms with Crippen LogP contribution in [0.5, 0.6) is 0 Å². The van der Waals surface area contributed by atoms with Gasteiger partial charge in [-0.25, -0.2) is 0 Å². The highest BCUT2D eigenvalue weighted by Gasteiger charge is 2.32. The summed E-state index contributed by atoms with van der Waals surface area (Å²) in [4.78, 5) is 24.1. The largest absolute Gasteiger partial charge is 0.481 e. The third-order valence-electron chi connectivity index (χ3n) is 4.97. The van der Waals surface area contributed by atoms with Crippen LogP contribution < -0.4 is 5.32 Å². The molecule has 2 heterocycles. The van der Waals surface area contributed by atoms with Crippen molar-refractivity contribution in [1.82, 2.24) is 19.9 Å². The fraction of sp³-hybridized carbons (Fsp3) is 0.556. The Labute approximate surface area is 156 Å². The molecule has 0 aliphatic heterocycles. The number of thioether (sulfide) groups is 1. The van der Waals surface area contributed by atoms with E-state index in [2.05, 4.69) is 15.5 Å². The first-order valence-corrected chi connectivity index (χ1v) is 10.3. The molecule has 1 amide bonds. The van der Waals surface area contributed by atoms with Gasteiger partial charge in [0, 0.05) is 12.1 Å². The van der Waals surface area contributed by atoms with Crippen molar-refractivity contribution >= 4 is 29.3 Å². The van der Waals surface area contributed by atoms with E-state index in [0.717, 1.165) is 30.7 Å². The molecule has 0 radical (unpaired) electrons. The maximum absolute atomic E-state index is 12.8. The summed E-state index contributed by atoms with van der Waals surface area (Å²) in [5, 5.41) is 20.8. The van der Waals surface area contributed by atoms with Crippen molar-refractivity contribution in [2.75, 3.05) is 12.0 Å². The molecule has 1 saturated carbocycles. The summed E-state index contributed by atoms with van der Waals surface area (Å²) in [6.45, 7) is 0. The third-order valence-corrected chi connectivity index (χ3v) is 5.62. The van der Waals surface area contributed by atoms with Crippen molar-refractivity contribution in [2.45, 2.75) is 38.1 Å². The Hall–Kier alpha value is -2.09. The maximum atomic E-state index is 12.8. The zero-order chi connectivity index (χ0) is 18.5. The van der Waals surface area contributed by atoms with Gasteiger partial charge in [0.05, 0.1) is 12.0 Å². The quantitative estimate of drug-likeness (QED) is 0.771. The molecule has 8 heteroatoms. The summed E-state index contributed by atoms with van der Waals surface area (Å²) in [6, 6.07) is 5.45. The second-order valence-corrected chi connectivity index (χ2v) is 7.71. The van der Waals surface area contributed by atoms with Crippen molar-refractivity contribution in [2.24, 2.45) is 11.8 Å². The fourth-order valence-corrected chi connectivity index (χ4v) is 4.01. The number of aromatic nitrogens is 3. The van der Waals surface area contributed by atoms with Crippen molar-refractivity contribution in [1.29, 1.82) is 0 Å². The number of hydrogen-bond donors (Lipinski definition) is 2. The van der Waals surface area contributed by atoms with E-state index in [0.29, 0.717) is 18.7 Å². The van der Waals surface area contributed by atoms with Crippen LogP contribution in [0.2, 0.25) is 0 Å². The number of aliphatic carboxylic acids is 1. The maximum Gasteiger partial charge on any atom is 0.306 e. The molecule has 1 aliphatic carbocycles. The first-order chi connectivity index (χ1) is 12.6. The molecule has 0 bridgehead atoms. The SMILES string of the molecule is CSCCC(NC(=O)C1CCCC(C(=O)O)C1)c1nnc2ccccn12. The first kappa shape index (κ1) is 18.7. The third kappa shape index (κ3) is 4.17. The molecular weight excluding hydrogens is 352 g/mol. The molecule has 1 aliphatic rings. The zero-order valence-corrected chi connectivity index (χ0v) is 15.6. The summed E-state index contributed by atoms with van der Waals surface area (Å²) >= 11 is 1.71. The van der Waals surface area contributed by atoms with Crippen LogP contribution in [-0.4, -0.2) is 43.6 Å². The number of fused-ring (bicyclic) bond motifs is 1. The highest BCUT2D eigenvalue weighted by atomic mass is 32.2. The molecule has 140 valence electrons. The van der Waals surface area contributed by atoms with E-state index in [9.17, 15) is 14.7 Å². The van der Waals surface area contributed by atoms with Gasteiger partial charge in [0.2, 0.25) is 5.91 Å². The summed E-state index contributed by atoms with van der Waals surface area (Å²) in [5.41, 5.74) is 0.745. The molecule has 7 nitrogen and oxygen atoms in total. The van der Waals surface area contributed by atoms with Crippen LogP contribution in [0.4, 0.5) is 0 Å². The molecule has 3 unspecified atom stereocenters. The lowest BCUT2D eigenvalue weighted by Gasteiger charge is -2.27. The van der Waals surface area contributed by atoms with Gasteiger partial charge in [-0.2, -0.15) is 11.8 Å². The number of carbonyl (C=O) groups is 2. The number of hydrogen-bond acceptors (Lipinski definition) is 5. The molecule has 0 aromatic carbocycles. The van der Waals surface area contributed by atoms with Crippen LogP contribution in [0.15, 0.2) is 24.4 Å². The number of nitrogens with zero attached hydrogens (tertiary/aromatic N) is 3. The van der Waals surface area contributed by atoms with E-state index in [1.54, 1.807) is 11.8 Å². The van der Waals surface area contributed by atoms with Crippen LogP contribution in [0.3, 0.4) is 0 Å². The Morgan fingerprint density at radius 3 is 2.92 bits per heavy atom. The van der Waals surface area contributed by atoms with Crippen LogP contribution >= 0.6 is 11.8 Å². The number of carboxylic acids is 1. The van der Waals surface area contributed by atoms with Gasteiger partial charge in [0.15, 0.2) is 11.5 Å². The van der Waals surface area contributed by atoms with Crippen LogP contribution in [0, 0.1) is 11.8 Å². The minimum atomic E-state index is -0.801. The van der Waals surface area contributed by atoms with Gasteiger partial charge in [-0.05, 0) is 49.8 Å². The predicted octanol–water partition coefficient (Wildman–Crippen LogP) is 2.53. The average molecular weight is 376 g/mol. The van der Waals surface area contributed by atoms with E-state index < -0.39 is 11.9 Å². The minimum absolute atomic E-state index is 0.0743. The van der Waals surface area contributed by atoms with Crippen molar-refractivity contribution in [3.05, 3.63) is 30.2 Å². The van der Waals surface area contributed by atoms with Gasteiger partial charge < -0.3 is 10.4 Å². The highest BCUT2D eigenvalue weighted by molar-refractivity contribution is 7.98. The Morgan fingerprint density at radius 2 is 2.15 bits per heavy atom. The van der Waals surface area contributed by atoms with E-state index in [1.807, 2.05) is 35.1 Å². The van der Waals surface area contributed by atoms with Crippen molar-refractivity contribution in [3.8, 4) is 0 Å². The van der Waals surface area contributed by atoms with Gasteiger partial charge in [-0.3, -0.25) is 14.0 Å². The van der Waals surface area contributed by atoms with Gasteiger partial charge in [-0.1, -0.05) is 12.5 Å². The number of pyridine rings is 1. The van der Waals surface area contributed by atoms with E-state index in [-0.39, 0.29) is 17.9 Å². The smallest absolute Gasteiger partial charge is 0.306 e. The lowest BCUT2D eigenvalue weighted by Crippen LogP contribution is -2.38. The summed E-state index contributed by atoms with van der Waals surface area (Å²) < 4.78 is 1.90. The predicted molar refractivity (Wildman–Crippen MR) is 100.0 cm³/mol. The standard InChI is InChI=1S/C18H24N4O3S/c1-26-10-8-14(16-21-20-15-7-2-3-9-22(15)16)19-17(23)12-5-4-6-13(11-12)18(24)25/h2-3,7,9,12-14H,4-6,8,10-11H2,1H3,(H,19,23)(H,24,25). The Morgan fingerprint density at radius 1 is 1.35 bits per heavy atom. The monoisotopic (exact) mass is 376 g/mol. The van der Waals surface area contributed by atoms with Crippen molar-refractivity contribution in [3.63, 3.8) is 0 Å². The summed E-state index contributed by atoms with van der Waals surface area (Å²) in [6.07, 6.45) is 7.26. The molecule has 3 atom stereocenters. The van der Waals surface area contributed by atoms with Crippen molar-refractivity contribution < 1.29 is 14.7 Å². The fourth-order valence-electron chi connectivity index (χ4n) is 3.54. The van der Waals surface area contributed by atoms with Gasteiger partial charge >= 0.3 is 5.97 Å². The first-order valence-electron chi connectivity index (χ1n) is 8.92. The molecular formula is C18H24N4O3S. The molecule has 1 fully saturated rings. The number of carboxylic acid groups (broad SMARTS) is 1. The zero-order valence-electron chi connectivity index (χ0n) is 14.8. The molecule has 2 N–H and O–H groups in total. The summed E-state index contributed by atoms with van der Waals surface area (Å²) in [7, 11) is 0. The number of carbonyl (C=O) groups excluding carboxylic acids is 1. The van der Waals surface area contributed by atoms with Gasteiger partial charge in [0.1, 0.15) is 0 Å². The topological polar surface area (TPSA) is 96.6 Å². The molecule has 2 aromatic heterocycles. The van der Waals surface area contributed by atoms with E-state index in [1.165, 1.54) is 0 Å². The summed E-state index contributed by atoms with van der Waals surface area (Å²) in [5.74, 6) is 0.0573. The van der Waals surface area contributed by atoms with Gasteiger partial charge in [-0.15, -0.1) is 10.2 Å². The molecule has 0 spiro atoms. The van der Waals surface area contributed by atoms with Gasteiger partial charge in [0.25, 0.3) is 0 Å². The molecule has 0 saturated heterocycles. The lowest BCUT2D eigenvalue weighted by atomic mass is 9.81. The Kier molecular flexibility index (Phi) is 6.13. The Balaban J connectivity index is 1.76. The van der Waals surface area contributed by atoms with Crippen LogP contribution in [0.25, 0.3) is 5.65 Å².